The van der Waals surface area contributed by atoms with Crippen LogP contribution in [0.2, 0.25) is 0 Å². The summed E-state index contributed by atoms with van der Waals surface area (Å²) in [6.07, 6.45) is 6.85. The van der Waals surface area contributed by atoms with Gasteiger partial charge in [0.15, 0.2) is 0 Å². The summed E-state index contributed by atoms with van der Waals surface area (Å²) in [5.41, 5.74) is 13.3. The molecule has 4 aromatic rings. The minimum atomic E-state index is -0.257. The number of carbonyl (C=O) groups is 1. The quantitative estimate of drug-likeness (QED) is 0.244. The lowest BCUT2D eigenvalue weighted by Crippen LogP contribution is -2.09. The molecule has 1 heterocycles. The summed E-state index contributed by atoms with van der Waals surface area (Å²) >= 11 is 0. The van der Waals surface area contributed by atoms with Crippen molar-refractivity contribution in [2.24, 2.45) is 11.7 Å². The van der Waals surface area contributed by atoms with Crippen LogP contribution in [0.25, 0.3) is 22.1 Å². The first kappa shape index (κ1) is 24.1. The topological polar surface area (TPSA) is 74.7 Å². The van der Waals surface area contributed by atoms with Crippen molar-refractivity contribution in [1.82, 2.24) is 0 Å². The summed E-state index contributed by atoms with van der Waals surface area (Å²) in [6, 6.07) is 20.5. The first-order chi connectivity index (χ1) is 17.6. The predicted molar refractivity (Wildman–Crippen MR) is 142 cm³/mol. The molecular weight excluding hydrogens is 450 g/mol. The predicted octanol–water partition coefficient (Wildman–Crippen LogP) is 6.59. The third kappa shape index (κ3) is 5.63. The van der Waals surface area contributed by atoms with Gasteiger partial charge >= 0.3 is 5.97 Å². The highest BCUT2D eigenvalue weighted by Crippen LogP contribution is 2.37. The number of ether oxygens (including phenoxy) is 2. The maximum Gasteiger partial charge on any atom is 0.310 e. The van der Waals surface area contributed by atoms with E-state index in [0.717, 1.165) is 51.1 Å². The van der Waals surface area contributed by atoms with Crippen LogP contribution in [0.3, 0.4) is 0 Å². The van der Waals surface area contributed by atoms with Crippen LogP contribution < -0.4 is 10.5 Å². The molecule has 186 valence electrons. The minimum Gasteiger partial charge on any atom is -0.488 e. The number of aryl methyl sites for hydroxylation is 1. The van der Waals surface area contributed by atoms with Gasteiger partial charge in [-0.15, -0.1) is 0 Å². The van der Waals surface area contributed by atoms with Crippen molar-refractivity contribution in [3.63, 3.8) is 0 Å². The first-order valence-electron chi connectivity index (χ1n) is 12.8. The van der Waals surface area contributed by atoms with Gasteiger partial charge < -0.3 is 19.6 Å². The summed E-state index contributed by atoms with van der Waals surface area (Å²) in [4.78, 5) is 12.0. The van der Waals surface area contributed by atoms with Gasteiger partial charge in [-0.25, -0.2) is 0 Å². The van der Waals surface area contributed by atoms with E-state index in [9.17, 15) is 4.79 Å². The molecule has 0 atom stereocenters. The van der Waals surface area contributed by atoms with Crippen LogP contribution in [0.1, 0.15) is 48.4 Å². The van der Waals surface area contributed by atoms with Crippen molar-refractivity contribution >= 4 is 16.9 Å². The largest absolute Gasteiger partial charge is 0.488 e. The zero-order chi connectivity index (χ0) is 24.9. The van der Waals surface area contributed by atoms with Crippen LogP contribution in [0.4, 0.5) is 0 Å². The van der Waals surface area contributed by atoms with Gasteiger partial charge in [0.05, 0.1) is 19.3 Å². The van der Waals surface area contributed by atoms with Gasteiger partial charge in [-0.05, 0) is 72.2 Å². The fourth-order valence-electron chi connectivity index (χ4n) is 4.68. The Kier molecular flexibility index (Phi) is 7.38. The lowest BCUT2D eigenvalue weighted by atomic mass is 9.95. The second kappa shape index (κ2) is 11.0. The van der Waals surface area contributed by atoms with Crippen molar-refractivity contribution in [1.29, 1.82) is 0 Å². The Hall–Kier alpha value is -3.57. The maximum atomic E-state index is 12.0. The van der Waals surface area contributed by atoms with Crippen LogP contribution in [0, 0.1) is 5.92 Å². The fraction of sp³-hybridized carbons (Fsp3) is 0.323. The molecule has 0 amide bonds. The number of hydrogen-bond acceptors (Lipinski definition) is 5. The van der Waals surface area contributed by atoms with Gasteiger partial charge in [0.1, 0.15) is 17.9 Å². The summed E-state index contributed by atoms with van der Waals surface area (Å²) < 4.78 is 17.4. The minimum absolute atomic E-state index is 0.184. The smallest absolute Gasteiger partial charge is 0.310 e. The number of fused-ring (bicyclic) bond motifs is 1. The van der Waals surface area contributed by atoms with Gasteiger partial charge in [-0.3, -0.25) is 4.79 Å². The summed E-state index contributed by atoms with van der Waals surface area (Å²) in [5.74, 6) is 1.27. The molecule has 0 radical (unpaired) electrons. The molecule has 1 aromatic heterocycles. The third-order valence-electron chi connectivity index (χ3n) is 6.84. The summed E-state index contributed by atoms with van der Waals surface area (Å²) in [5, 5.41) is 1.07. The van der Waals surface area contributed by atoms with Crippen molar-refractivity contribution in [2.75, 3.05) is 6.61 Å². The van der Waals surface area contributed by atoms with E-state index in [2.05, 4.69) is 36.4 Å². The molecule has 5 rings (SSSR count). The van der Waals surface area contributed by atoms with Crippen molar-refractivity contribution in [3.8, 4) is 16.9 Å². The van der Waals surface area contributed by atoms with Crippen LogP contribution in [-0.4, -0.2) is 12.6 Å². The number of para-hydroxylation sites is 1. The number of esters is 1. The van der Waals surface area contributed by atoms with Crippen LogP contribution in [0.5, 0.6) is 5.75 Å². The molecule has 36 heavy (non-hydrogen) atoms. The normalized spacial score (nSPS) is 13.2. The van der Waals surface area contributed by atoms with E-state index in [4.69, 9.17) is 19.6 Å². The number of hydrogen-bond donors (Lipinski definition) is 1. The van der Waals surface area contributed by atoms with Gasteiger partial charge in [0, 0.05) is 23.1 Å². The molecule has 1 aliphatic carbocycles. The Bertz CT molecular complexity index is 1350. The second-order valence-corrected chi connectivity index (χ2v) is 9.54. The monoisotopic (exact) mass is 483 g/mol. The van der Waals surface area contributed by atoms with Crippen LogP contribution in [0.15, 0.2) is 71.3 Å². The molecule has 1 aliphatic rings. The standard InChI is InChI=1S/C31H33NO4/c1-2-34-30(33)17-24-7-3-4-9-29(24)35-19-27-20-36-31-25(13-12-21-10-11-21)15-26(16-28(27)31)23-8-5-6-22(14-23)18-32/h3-9,14-16,20-21H,2,10-13,17-19,32H2,1H3. The van der Waals surface area contributed by atoms with Crippen LogP contribution in [-0.2, 0) is 35.5 Å². The highest BCUT2D eigenvalue weighted by atomic mass is 16.5. The van der Waals surface area contributed by atoms with Gasteiger partial charge in [0.2, 0.25) is 0 Å². The summed E-state index contributed by atoms with van der Waals surface area (Å²) in [7, 11) is 0. The van der Waals surface area contributed by atoms with E-state index < -0.39 is 0 Å². The number of rotatable bonds is 11. The van der Waals surface area contributed by atoms with E-state index in [1.165, 1.54) is 24.8 Å². The molecule has 3 aromatic carbocycles. The van der Waals surface area contributed by atoms with Crippen molar-refractivity contribution in [3.05, 3.63) is 89.2 Å². The maximum absolute atomic E-state index is 12.0. The zero-order valence-corrected chi connectivity index (χ0v) is 20.8. The number of furan rings is 1. The van der Waals surface area contributed by atoms with E-state index in [1.807, 2.05) is 31.2 Å². The molecule has 0 bridgehead atoms. The molecule has 5 nitrogen and oxygen atoms in total. The number of benzene rings is 3. The molecule has 1 fully saturated rings. The average Bonchev–Trinajstić information content (AvgIpc) is 3.64. The van der Waals surface area contributed by atoms with E-state index in [-0.39, 0.29) is 12.4 Å². The number of carbonyl (C=O) groups excluding carboxylic acids is 1. The van der Waals surface area contributed by atoms with E-state index >= 15 is 0 Å². The molecule has 0 saturated heterocycles. The molecule has 0 spiro atoms. The Balaban J connectivity index is 1.45. The Morgan fingerprint density at radius 2 is 1.86 bits per heavy atom. The highest BCUT2D eigenvalue weighted by molar-refractivity contribution is 5.89. The lowest BCUT2D eigenvalue weighted by molar-refractivity contribution is -0.142. The van der Waals surface area contributed by atoms with E-state index in [1.54, 1.807) is 6.26 Å². The zero-order valence-electron chi connectivity index (χ0n) is 20.8. The molecule has 0 aliphatic heterocycles. The first-order valence-corrected chi connectivity index (χ1v) is 12.8. The molecule has 1 saturated carbocycles. The second-order valence-electron chi connectivity index (χ2n) is 9.54. The fourth-order valence-corrected chi connectivity index (χ4v) is 4.68. The molecule has 5 heteroatoms. The highest BCUT2D eigenvalue weighted by Gasteiger charge is 2.22. The van der Waals surface area contributed by atoms with Gasteiger partial charge in [0.25, 0.3) is 0 Å². The van der Waals surface area contributed by atoms with E-state index in [0.29, 0.717) is 25.5 Å². The Labute approximate surface area is 212 Å². The number of nitrogens with two attached hydrogens (primary N) is 1. The Morgan fingerprint density at radius 3 is 2.67 bits per heavy atom. The van der Waals surface area contributed by atoms with Crippen LogP contribution >= 0.6 is 0 Å². The Morgan fingerprint density at radius 1 is 1.00 bits per heavy atom. The molecule has 0 unspecified atom stereocenters. The van der Waals surface area contributed by atoms with Crippen molar-refractivity contribution < 1.29 is 18.7 Å². The summed E-state index contributed by atoms with van der Waals surface area (Å²) in [6.45, 7) is 3.04. The van der Waals surface area contributed by atoms with Gasteiger partial charge in [-0.1, -0.05) is 49.2 Å². The molecular formula is C31H33NO4. The molecule has 2 N–H and O–H groups in total. The SMILES string of the molecule is CCOC(=O)Cc1ccccc1OCc1coc2c(CCC3CC3)cc(-c3cccc(CN)c3)cc12. The van der Waals surface area contributed by atoms with Crippen molar-refractivity contribution in [2.45, 2.75) is 52.2 Å². The lowest BCUT2D eigenvalue weighted by Gasteiger charge is -2.12. The van der Waals surface area contributed by atoms with Gasteiger partial charge in [-0.2, -0.15) is 0 Å². The third-order valence-corrected chi connectivity index (χ3v) is 6.84. The average molecular weight is 484 g/mol.